The third-order valence-corrected chi connectivity index (χ3v) is 6.30. The van der Waals surface area contributed by atoms with Crippen LogP contribution in [0.15, 0.2) is 24.5 Å². The normalized spacial score (nSPS) is 16.8. The van der Waals surface area contributed by atoms with Crippen molar-refractivity contribution in [2.24, 2.45) is 0 Å². The zero-order valence-corrected chi connectivity index (χ0v) is 19.7. The van der Waals surface area contributed by atoms with E-state index in [-0.39, 0.29) is 29.2 Å². The van der Waals surface area contributed by atoms with Crippen molar-refractivity contribution in [1.82, 2.24) is 25.1 Å². The number of benzene rings is 1. The van der Waals surface area contributed by atoms with Crippen molar-refractivity contribution in [2.45, 2.75) is 38.7 Å². The second-order valence-corrected chi connectivity index (χ2v) is 8.75. The maximum atomic E-state index is 14.7. The van der Waals surface area contributed by atoms with Gasteiger partial charge in [-0.05, 0) is 51.1 Å². The van der Waals surface area contributed by atoms with Gasteiger partial charge in [-0.3, -0.25) is 4.79 Å². The molecule has 11 heteroatoms. The molecular formula is C24H30FN5O5. The molecule has 0 unspecified atom stereocenters. The van der Waals surface area contributed by atoms with E-state index in [0.717, 1.165) is 25.7 Å². The highest BCUT2D eigenvalue weighted by atomic mass is 19.1. The minimum atomic E-state index is -0.940. The molecule has 0 saturated carbocycles. The molecule has 1 aromatic carbocycles. The number of carbonyl (C=O) groups is 2. The van der Waals surface area contributed by atoms with E-state index in [2.05, 4.69) is 20.2 Å². The Morgan fingerprint density at radius 3 is 2.54 bits per heavy atom. The third-order valence-electron chi connectivity index (χ3n) is 6.30. The SMILES string of the molecule is Cc1c(Oc2ccc(C(=O)NCCN3CCCC3)cc2F)ncnc1OC1CCN(C(=O)O)CC1. The predicted molar refractivity (Wildman–Crippen MR) is 124 cm³/mol. The summed E-state index contributed by atoms with van der Waals surface area (Å²) in [5.74, 6) is -0.643. The van der Waals surface area contributed by atoms with E-state index in [9.17, 15) is 14.0 Å². The van der Waals surface area contributed by atoms with E-state index in [1.54, 1.807) is 6.92 Å². The van der Waals surface area contributed by atoms with Crippen molar-refractivity contribution in [3.05, 3.63) is 41.5 Å². The van der Waals surface area contributed by atoms with Gasteiger partial charge in [0.15, 0.2) is 11.6 Å². The highest BCUT2D eigenvalue weighted by Gasteiger charge is 2.25. The summed E-state index contributed by atoms with van der Waals surface area (Å²) < 4.78 is 26.3. The van der Waals surface area contributed by atoms with Crippen molar-refractivity contribution in [3.8, 4) is 17.5 Å². The van der Waals surface area contributed by atoms with Crippen LogP contribution in [0, 0.1) is 12.7 Å². The summed E-state index contributed by atoms with van der Waals surface area (Å²) in [5, 5.41) is 11.9. The number of nitrogens with one attached hydrogen (secondary N) is 1. The van der Waals surface area contributed by atoms with Crippen molar-refractivity contribution >= 4 is 12.0 Å². The molecule has 0 spiro atoms. The lowest BCUT2D eigenvalue weighted by Crippen LogP contribution is -2.41. The van der Waals surface area contributed by atoms with Gasteiger partial charge < -0.3 is 29.7 Å². The Bertz CT molecular complexity index is 1050. The van der Waals surface area contributed by atoms with Crippen LogP contribution in [-0.4, -0.2) is 82.2 Å². The topological polar surface area (TPSA) is 117 Å². The Hall–Kier alpha value is -3.47. The Morgan fingerprint density at radius 2 is 1.86 bits per heavy atom. The smallest absolute Gasteiger partial charge is 0.407 e. The first-order valence-corrected chi connectivity index (χ1v) is 11.8. The molecule has 1 aromatic heterocycles. The molecule has 188 valence electrons. The number of hydrogen-bond acceptors (Lipinski definition) is 7. The molecule has 2 aliphatic rings. The van der Waals surface area contributed by atoms with Gasteiger partial charge in [-0.25, -0.2) is 19.2 Å². The fourth-order valence-corrected chi connectivity index (χ4v) is 4.23. The van der Waals surface area contributed by atoms with Crippen LogP contribution in [0.1, 0.15) is 41.6 Å². The standard InChI is InChI=1S/C24H30FN5O5/c1-16-22(34-18-6-11-30(12-7-18)24(32)33)27-15-28-23(16)35-20-5-4-17(14-19(20)25)21(31)26-8-13-29-9-2-3-10-29/h4-5,14-15,18H,2-3,6-13H2,1H3,(H,26,31)(H,32,33). The summed E-state index contributed by atoms with van der Waals surface area (Å²) >= 11 is 0. The van der Waals surface area contributed by atoms with Crippen molar-refractivity contribution in [3.63, 3.8) is 0 Å². The van der Waals surface area contributed by atoms with Gasteiger partial charge in [0.2, 0.25) is 11.8 Å². The second-order valence-electron chi connectivity index (χ2n) is 8.75. The Morgan fingerprint density at radius 1 is 1.14 bits per heavy atom. The van der Waals surface area contributed by atoms with Crippen molar-refractivity contribution < 1.29 is 28.6 Å². The van der Waals surface area contributed by atoms with Crippen LogP contribution in [0.4, 0.5) is 9.18 Å². The number of hydrogen-bond donors (Lipinski definition) is 2. The number of aromatic nitrogens is 2. The van der Waals surface area contributed by atoms with Gasteiger partial charge in [0.25, 0.3) is 5.91 Å². The van der Waals surface area contributed by atoms with Crippen LogP contribution in [-0.2, 0) is 0 Å². The first-order chi connectivity index (χ1) is 16.9. The molecule has 0 radical (unpaired) electrons. The molecule has 35 heavy (non-hydrogen) atoms. The van der Waals surface area contributed by atoms with Gasteiger partial charge >= 0.3 is 6.09 Å². The van der Waals surface area contributed by atoms with Crippen LogP contribution >= 0.6 is 0 Å². The highest BCUT2D eigenvalue weighted by molar-refractivity contribution is 5.94. The van der Waals surface area contributed by atoms with Gasteiger partial charge in [-0.2, -0.15) is 0 Å². The lowest BCUT2D eigenvalue weighted by atomic mass is 10.1. The van der Waals surface area contributed by atoms with E-state index in [1.807, 2.05) is 0 Å². The first kappa shape index (κ1) is 24.6. The summed E-state index contributed by atoms with van der Waals surface area (Å²) in [6.07, 6.45) is 3.60. The van der Waals surface area contributed by atoms with Gasteiger partial charge in [0.05, 0.1) is 5.56 Å². The number of ether oxygens (including phenoxy) is 2. The lowest BCUT2D eigenvalue weighted by Gasteiger charge is -2.30. The molecule has 2 saturated heterocycles. The van der Waals surface area contributed by atoms with Gasteiger partial charge in [-0.1, -0.05) is 0 Å². The minimum Gasteiger partial charge on any atom is -0.474 e. The van der Waals surface area contributed by atoms with Gasteiger partial charge in [-0.15, -0.1) is 0 Å². The van der Waals surface area contributed by atoms with Crippen molar-refractivity contribution in [2.75, 3.05) is 39.3 Å². The maximum absolute atomic E-state index is 14.7. The number of piperidine rings is 1. The van der Waals surface area contributed by atoms with Crippen LogP contribution in [0.25, 0.3) is 0 Å². The minimum absolute atomic E-state index is 0.0684. The number of nitrogens with zero attached hydrogens (tertiary/aromatic N) is 4. The number of halogens is 1. The molecular weight excluding hydrogens is 457 g/mol. The van der Waals surface area contributed by atoms with E-state index in [0.29, 0.717) is 43.9 Å². The molecule has 2 fully saturated rings. The van der Waals surface area contributed by atoms with E-state index < -0.39 is 11.9 Å². The van der Waals surface area contributed by atoms with Crippen LogP contribution < -0.4 is 14.8 Å². The number of carboxylic acid groups (broad SMARTS) is 1. The largest absolute Gasteiger partial charge is 0.474 e. The molecule has 0 aliphatic carbocycles. The zero-order valence-electron chi connectivity index (χ0n) is 19.7. The molecule has 0 atom stereocenters. The van der Waals surface area contributed by atoms with Crippen molar-refractivity contribution in [1.29, 1.82) is 0 Å². The van der Waals surface area contributed by atoms with Gasteiger partial charge in [0.1, 0.15) is 12.4 Å². The number of amides is 2. The number of carbonyl (C=O) groups excluding carboxylic acids is 1. The summed E-state index contributed by atoms with van der Waals surface area (Å²) in [6.45, 7) is 5.87. The second kappa shape index (κ2) is 11.3. The van der Waals surface area contributed by atoms with Crippen LogP contribution in [0.2, 0.25) is 0 Å². The Labute approximate surface area is 203 Å². The van der Waals surface area contributed by atoms with Gasteiger partial charge in [0, 0.05) is 44.6 Å². The van der Waals surface area contributed by atoms with Crippen LogP contribution in [0.3, 0.4) is 0 Å². The molecule has 2 amide bonds. The fraction of sp³-hybridized carbons (Fsp3) is 0.500. The van der Waals surface area contributed by atoms with E-state index in [1.165, 1.54) is 36.2 Å². The summed E-state index contributed by atoms with van der Waals surface area (Å²) in [7, 11) is 0. The molecule has 2 aliphatic heterocycles. The fourth-order valence-electron chi connectivity index (χ4n) is 4.23. The number of rotatable bonds is 8. The average Bonchev–Trinajstić information content (AvgIpc) is 3.36. The summed E-state index contributed by atoms with van der Waals surface area (Å²) in [5.41, 5.74) is 0.712. The zero-order chi connectivity index (χ0) is 24.8. The molecule has 3 heterocycles. The quantitative estimate of drug-likeness (QED) is 0.584. The van der Waals surface area contributed by atoms with E-state index in [4.69, 9.17) is 14.6 Å². The first-order valence-electron chi connectivity index (χ1n) is 11.8. The summed E-state index contributed by atoms with van der Waals surface area (Å²) in [6, 6.07) is 4.05. The maximum Gasteiger partial charge on any atom is 0.407 e. The van der Waals surface area contributed by atoms with E-state index >= 15 is 0 Å². The highest BCUT2D eigenvalue weighted by Crippen LogP contribution is 2.30. The molecule has 4 rings (SSSR count). The predicted octanol–water partition coefficient (Wildman–Crippen LogP) is 3.06. The Kier molecular flexibility index (Phi) is 7.96. The molecule has 2 N–H and O–H groups in total. The number of likely N-dealkylation sites (tertiary alicyclic amines) is 2. The monoisotopic (exact) mass is 487 g/mol. The average molecular weight is 488 g/mol. The summed E-state index contributed by atoms with van der Waals surface area (Å²) in [4.78, 5) is 35.3. The van der Waals surface area contributed by atoms with Crippen LogP contribution in [0.5, 0.6) is 17.5 Å². The molecule has 0 bridgehead atoms. The third kappa shape index (κ3) is 6.36. The Balaban J connectivity index is 1.34. The molecule has 10 nitrogen and oxygen atoms in total. The molecule has 2 aromatic rings. The lowest BCUT2D eigenvalue weighted by molar-refractivity contribution is 0.0863.